The van der Waals surface area contributed by atoms with Gasteiger partial charge in [-0.25, -0.2) is 0 Å². The molecule has 0 bridgehead atoms. The summed E-state index contributed by atoms with van der Waals surface area (Å²) in [6.07, 6.45) is 2.15. The highest BCUT2D eigenvalue weighted by atomic mass is 16.5. The molecule has 0 saturated carbocycles. The molecule has 0 radical (unpaired) electrons. The highest BCUT2D eigenvalue weighted by Crippen LogP contribution is 2.18. The van der Waals surface area contributed by atoms with E-state index in [4.69, 9.17) is 10.5 Å². The molecule has 1 amide bonds. The number of benzene rings is 1. The summed E-state index contributed by atoms with van der Waals surface area (Å²) in [7, 11) is 0. The van der Waals surface area contributed by atoms with Crippen molar-refractivity contribution in [2.45, 2.75) is 33.1 Å². The molecule has 1 aromatic carbocycles. The largest absolute Gasteiger partial charge is 0.465 e. The SMILES string of the molecule is CCCCC(=O)N(CC(=O)OCC)c1ccc(N)cc1. The van der Waals surface area contributed by atoms with E-state index in [1.54, 1.807) is 31.2 Å². The predicted octanol–water partition coefficient (Wildman–Crippen LogP) is 2.36. The van der Waals surface area contributed by atoms with E-state index in [0.717, 1.165) is 12.8 Å². The lowest BCUT2D eigenvalue weighted by Gasteiger charge is -2.22. The van der Waals surface area contributed by atoms with Gasteiger partial charge in [-0.2, -0.15) is 0 Å². The molecule has 0 fully saturated rings. The lowest BCUT2D eigenvalue weighted by molar-refractivity contribution is -0.142. The van der Waals surface area contributed by atoms with Gasteiger partial charge in [0.2, 0.25) is 5.91 Å². The van der Waals surface area contributed by atoms with Crippen LogP contribution >= 0.6 is 0 Å². The van der Waals surface area contributed by atoms with E-state index in [1.165, 1.54) is 4.90 Å². The van der Waals surface area contributed by atoms with Crippen LogP contribution in [0.25, 0.3) is 0 Å². The summed E-state index contributed by atoms with van der Waals surface area (Å²) in [6, 6.07) is 6.89. The van der Waals surface area contributed by atoms with Gasteiger partial charge in [0.1, 0.15) is 6.54 Å². The Kier molecular flexibility index (Phi) is 6.56. The van der Waals surface area contributed by atoms with E-state index >= 15 is 0 Å². The zero-order valence-electron chi connectivity index (χ0n) is 12.1. The van der Waals surface area contributed by atoms with Crippen LogP contribution in [0.3, 0.4) is 0 Å². The van der Waals surface area contributed by atoms with Crippen molar-refractivity contribution in [3.05, 3.63) is 24.3 Å². The monoisotopic (exact) mass is 278 g/mol. The second-order valence-electron chi connectivity index (χ2n) is 4.48. The van der Waals surface area contributed by atoms with Crippen LogP contribution in [0.4, 0.5) is 11.4 Å². The van der Waals surface area contributed by atoms with Gasteiger partial charge in [0.15, 0.2) is 0 Å². The van der Waals surface area contributed by atoms with E-state index in [0.29, 0.717) is 24.4 Å². The first kappa shape index (κ1) is 16.0. The Balaban J connectivity index is 2.85. The summed E-state index contributed by atoms with van der Waals surface area (Å²) in [5, 5.41) is 0. The van der Waals surface area contributed by atoms with Gasteiger partial charge in [0.05, 0.1) is 6.61 Å². The third-order valence-corrected chi connectivity index (χ3v) is 2.84. The molecule has 0 atom stereocenters. The number of hydrogen-bond acceptors (Lipinski definition) is 4. The van der Waals surface area contributed by atoms with Gasteiger partial charge in [0, 0.05) is 17.8 Å². The van der Waals surface area contributed by atoms with Gasteiger partial charge in [-0.3, -0.25) is 9.59 Å². The molecule has 0 heterocycles. The number of carbonyl (C=O) groups is 2. The first-order valence-electron chi connectivity index (χ1n) is 6.90. The third kappa shape index (κ3) is 4.91. The Morgan fingerprint density at radius 3 is 2.40 bits per heavy atom. The van der Waals surface area contributed by atoms with Gasteiger partial charge in [-0.15, -0.1) is 0 Å². The highest BCUT2D eigenvalue weighted by Gasteiger charge is 2.19. The normalized spacial score (nSPS) is 10.1. The molecule has 1 rings (SSSR count). The van der Waals surface area contributed by atoms with Crippen LogP contribution in [0.1, 0.15) is 33.1 Å². The molecule has 0 saturated heterocycles. The van der Waals surface area contributed by atoms with Crippen molar-refractivity contribution in [3.63, 3.8) is 0 Å². The van der Waals surface area contributed by atoms with Crippen LogP contribution in [0.15, 0.2) is 24.3 Å². The smallest absolute Gasteiger partial charge is 0.326 e. The lowest BCUT2D eigenvalue weighted by Crippen LogP contribution is -2.36. The van der Waals surface area contributed by atoms with Gasteiger partial charge >= 0.3 is 5.97 Å². The summed E-state index contributed by atoms with van der Waals surface area (Å²) in [4.78, 5) is 25.3. The molecule has 5 nitrogen and oxygen atoms in total. The number of carbonyl (C=O) groups excluding carboxylic acids is 2. The predicted molar refractivity (Wildman–Crippen MR) is 79.4 cm³/mol. The molecular formula is C15H22N2O3. The Bertz CT molecular complexity index is 443. The Morgan fingerprint density at radius 1 is 1.20 bits per heavy atom. The van der Waals surface area contributed by atoms with Crippen molar-refractivity contribution in [2.24, 2.45) is 0 Å². The van der Waals surface area contributed by atoms with Crippen LogP contribution in [0, 0.1) is 0 Å². The minimum atomic E-state index is -0.408. The summed E-state index contributed by atoms with van der Waals surface area (Å²) in [6.45, 7) is 3.99. The molecule has 5 heteroatoms. The molecule has 1 aromatic rings. The second-order valence-corrected chi connectivity index (χ2v) is 4.48. The number of nitrogens with zero attached hydrogens (tertiary/aromatic N) is 1. The lowest BCUT2D eigenvalue weighted by atomic mass is 10.2. The molecule has 2 N–H and O–H groups in total. The standard InChI is InChI=1S/C15H22N2O3/c1-3-5-6-14(18)17(11-15(19)20-4-2)13-9-7-12(16)8-10-13/h7-10H,3-6,11,16H2,1-2H3. The first-order chi connectivity index (χ1) is 9.58. The first-order valence-corrected chi connectivity index (χ1v) is 6.90. The van der Waals surface area contributed by atoms with E-state index in [2.05, 4.69) is 0 Å². The number of anilines is 2. The molecule has 0 aliphatic heterocycles. The Morgan fingerprint density at radius 2 is 1.85 bits per heavy atom. The minimum Gasteiger partial charge on any atom is -0.465 e. The Labute approximate surface area is 119 Å². The number of nitrogens with two attached hydrogens (primary N) is 1. The van der Waals surface area contributed by atoms with E-state index in [-0.39, 0.29) is 12.5 Å². The van der Waals surface area contributed by atoms with E-state index in [1.807, 2.05) is 6.92 Å². The zero-order chi connectivity index (χ0) is 15.0. The van der Waals surface area contributed by atoms with E-state index < -0.39 is 5.97 Å². The summed E-state index contributed by atoms with van der Waals surface area (Å²) < 4.78 is 4.91. The van der Waals surface area contributed by atoms with Crippen LogP contribution in [-0.2, 0) is 14.3 Å². The average molecular weight is 278 g/mol. The van der Waals surface area contributed by atoms with Crippen molar-refractivity contribution in [2.75, 3.05) is 23.8 Å². The maximum atomic E-state index is 12.2. The van der Waals surface area contributed by atoms with Crippen molar-refractivity contribution in [1.82, 2.24) is 0 Å². The molecule has 20 heavy (non-hydrogen) atoms. The van der Waals surface area contributed by atoms with Gasteiger partial charge in [-0.05, 0) is 37.6 Å². The fourth-order valence-electron chi connectivity index (χ4n) is 1.78. The second kappa shape index (κ2) is 8.19. The summed E-state index contributed by atoms with van der Waals surface area (Å²) in [5.41, 5.74) is 6.91. The number of amides is 1. The number of nitrogen functional groups attached to an aromatic ring is 1. The molecule has 110 valence electrons. The van der Waals surface area contributed by atoms with Gasteiger partial charge < -0.3 is 15.4 Å². The number of esters is 1. The fourth-order valence-corrected chi connectivity index (χ4v) is 1.78. The van der Waals surface area contributed by atoms with Crippen molar-refractivity contribution in [3.8, 4) is 0 Å². The van der Waals surface area contributed by atoms with Crippen LogP contribution in [0.2, 0.25) is 0 Å². The number of ether oxygens (including phenoxy) is 1. The topological polar surface area (TPSA) is 72.6 Å². The quantitative estimate of drug-likeness (QED) is 0.614. The summed E-state index contributed by atoms with van der Waals surface area (Å²) >= 11 is 0. The maximum absolute atomic E-state index is 12.2. The molecule has 0 aliphatic carbocycles. The molecule has 0 spiro atoms. The molecule has 0 aliphatic rings. The number of hydrogen-bond donors (Lipinski definition) is 1. The fraction of sp³-hybridized carbons (Fsp3) is 0.467. The molecular weight excluding hydrogens is 256 g/mol. The summed E-state index contributed by atoms with van der Waals surface area (Å²) in [5.74, 6) is -0.487. The molecule has 0 unspecified atom stereocenters. The molecule has 0 aromatic heterocycles. The van der Waals surface area contributed by atoms with Crippen molar-refractivity contribution >= 4 is 23.3 Å². The Hall–Kier alpha value is -2.04. The zero-order valence-corrected chi connectivity index (χ0v) is 12.1. The third-order valence-electron chi connectivity index (χ3n) is 2.84. The number of rotatable bonds is 7. The maximum Gasteiger partial charge on any atom is 0.326 e. The van der Waals surface area contributed by atoms with Crippen LogP contribution < -0.4 is 10.6 Å². The van der Waals surface area contributed by atoms with Crippen LogP contribution in [0.5, 0.6) is 0 Å². The highest BCUT2D eigenvalue weighted by molar-refractivity contribution is 5.97. The van der Waals surface area contributed by atoms with Gasteiger partial charge in [-0.1, -0.05) is 13.3 Å². The number of unbranched alkanes of at least 4 members (excludes halogenated alkanes) is 1. The minimum absolute atomic E-state index is 0.0691. The van der Waals surface area contributed by atoms with Crippen LogP contribution in [-0.4, -0.2) is 25.0 Å². The van der Waals surface area contributed by atoms with E-state index in [9.17, 15) is 9.59 Å². The van der Waals surface area contributed by atoms with Crippen molar-refractivity contribution in [1.29, 1.82) is 0 Å². The van der Waals surface area contributed by atoms with Gasteiger partial charge in [0.25, 0.3) is 0 Å². The average Bonchev–Trinajstić information content (AvgIpc) is 2.43. The van der Waals surface area contributed by atoms with Crippen molar-refractivity contribution < 1.29 is 14.3 Å².